The molecule has 43 heavy (non-hydrogen) atoms. The lowest BCUT2D eigenvalue weighted by atomic mass is 10.0. The van der Waals surface area contributed by atoms with Crippen LogP contribution in [-0.2, 0) is 0 Å². The van der Waals surface area contributed by atoms with Crippen molar-refractivity contribution in [2.24, 2.45) is 0 Å². The lowest BCUT2D eigenvalue weighted by Gasteiger charge is -2.23. The molecule has 0 atom stereocenters. The molecule has 0 spiro atoms. The highest BCUT2D eigenvalue weighted by Crippen LogP contribution is 2.60. The maximum atomic E-state index is 6.81. The van der Waals surface area contributed by atoms with E-state index in [0.717, 1.165) is 84.9 Å². The second-order valence-electron chi connectivity index (χ2n) is 7.91. The van der Waals surface area contributed by atoms with E-state index in [1.165, 1.54) is 0 Å². The zero-order chi connectivity index (χ0) is 32.6. The summed E-state index contributed by atoms with van der Waals surface area (Å²) >= 11 is 67.5. The lowest BCUT2D eigenvalue weighted by Crippen LogP contribution is -1.99. The van der Waals surface area contributed by atoms with Crippen LogP contribution in [0, 0.1) is 0 Å². The first kappa shape index (κ1) is 41.1. The van der Waals surface area contributed by atoms with Gasteiger partial charge in [-0.2, -0.15) is 0 Å². The highest BCUT2D eigenvalue weighted by molar-refractivity contribution is 9.17. The molecule has 4 aromatic rings. The van der Waals surface area contributed by atoms with E-state index in [2.05, 4.69) is 287 Å². The first-order valence-corrected chi connectivity index (χ1v) is 24.6. The third kappa shape index (κ3) is 7.57. The van der Waals surface area contributed by atoms with Gasteiger partial charge in [-0.3, -0.25) is 0 Å². The van der Waals surface area contributed by atoms with Crippen LogP contribution in [-0.4, -0.2) is 0 Å². The van der Waals surface area contributed by atoms with Crippen LogP contribution in [0.2, 0.25) is 0 Å². The third-order valence-electron chi connectivity index (χ3n) is 5.57. The van der Waals surface area contributed by atoms with E-state index in [-0.39, 0.29) is 0 Å². The Morgan fingerprint density at radius 1 is 0.186 bits per heavy atom. The van der Waals surface area contributed by atoms with Gasteiger partial charge in [0.25, 0.3) is 0 Å². The molecule has 0 fully saturated rings. The zero-order valence-corrected chi connectivity index (χ0v) is 47.8. The Morgan fingerprint density at radius 2 is 0.349 bits per heavy atom. The molecule has 4 rings (SSSR count). The molecule has 0 saturated carbocycles. The SMILES string of the molecule is Brc1c(Br)c(Br)c(-c2c(Br)c(Br)c(Br)c(Oc3c(Br)c(Br)c(Br)c(-c4c(Br)c(Br)c(Br)c(Br)c4Br)c3Br)c2Br)c(Br)c1Br. The van der Waals surface area contributed by atoms with Gasteiger partial charge >= 0.3 is 0 Å². The van der Waals surface area contributed by atoms with Gasteiger partial charge in [0, 0.05) is 75.9 Å². The average molecular weight is 1740 g/mol. The van der Waals surface area contributed by atoms with Gasteiger partial charge < -0.3 is 4.74 Å². The van der Waals surface area contributed by atoms with Gasteiger partial charge in [0.15, 0.2) is 11.5 Å². The van der Waals surface area contributed by atoms with E-state index in [1.807, 2.05) is 0 Å². The molecule has 0 aromatic heterocycles. The van der Waals surface area contributed by atoms with E-state index < -0.39 is 0 Å². The molecule has 19 heteroatoms. The van der Waals surface area contributed by atoms with E-state index in [4.69, 9.17) is 4.74 Å². The Hall–Kier alpha value is 5.32. The molecule has 4 aromatic carbocycles. The largest absolute Gasteiger partial charge is 0.452 e. The molecular formula is C24Br18O. The van der Waals surface area contributed by atoms with Crippen molar-refractivity contribution in [3.05, 3.63) is 80.5 Å². The monoisotopic (exact) mass is 1720 g/mol. The van der Waals surface area contributed by atoms with Crippen LogP contribution < -0.4 is 4.74 Å². The highest BCUT2D eigenvalue weighted by Gasteiger charge is 2.31. The molecule has 0 amide bonds. The number of benzene rings is 4. The van der Waals surface area contributed by atoms with Crippen LogP contribution in [0.4, 0.5) is 0 Å². The molecule has 0 aliphatic carbocycles. The van der Waals surface area contributed by atoms with Crippen molar-refractivity contribution in [3.63, 3.8) is 0 Å². The number of halogens is 18. The number of ether oxygens (including phenoxy) is 1. The second-order valence-corrected chi connectivity index (χ2v) is 22.2. The van der Waals surface area contributed by atoms with E-state index in [0.29, 0.717) is 29.4 Å². The summed E-state index contributed by atoms with van der Waals surface area (Å²) in [5.41, 5.74) is 3.39. The van der Waals surface area contributed by atoms with Crippen molar-refractivity contribution in [2.75, 3.05) is 0 Å². The standard InChI is InChI=1S/C24Br18O/c25-5-1(6(26)14(34)19(39)13(5)33)3-9(29)17(37)21(41)23(11(3)31)43-24-12(32)4(10(30)18(38)22(24)42)2-7(27)15(35)20(40)16(36)8(2)28. The molecule has 0 unspecified atom stereocenters. The van der Waals surface area contributed by atoms with Crippen LogP contribution in [0.25, 0.3) is 22.3 Å². The Labute approximate surface area is 397 Å². The van der Waals surface area contributed by atoms with Gasteiger partial charge in [-0.25, -0.2) is 0 Å². The average Bonchev–Trinajstić information content (AvgIpc) is 2.97. The van der Waals surface area contributed by atoms with E-state index in [1.54, 1.807) is 0 Å². The molecule has 1 nitrogen and oxygen atoms in total. The molecule has 0 aliphatic rings. The third-order valence-corrected chi connectivity index (χ3v) is 26.1. The molecule has 228 valence electrons. The first-order valence-electron chi connectivity index (χ1n) is 10.3. The topological polar surface area (TPSA) is 9.23 Å². The summed E-state index contributed by atoms with van der Waals surface area (Å²) in [4.78, 5) is 0. The van der Waals surface area contributed by atoms with Crippen molar-refractivity contribution >= 4 is 287 Å². The van der Waals surface area contributed by atoms with Crippen molar-refractivity contribution in [1.29, 1.82) is 0 Å². The summed E-state index contributed by atoms with van der Waals surface area (Å²) in [6, 6.07) is 0. The smallest absolute Gasteiger partial charge is 0.157 e. The van der Waals surface area contributed by atoms with Crippen LogP contribution in [0.3, 0.4) is 0 Å². The maximum absolute atomic E-state index is 6.81. The quantitative estimate of drug-likeness (QED) is 0.146. The fourth-order valence-corrected chi connectivity index (χ4v) is 16.3. The lowest BCUT2D eigenvalue weighted by molar-refractivity contribution is 0.470. The van der Waals surface area contributed by atoms with Crippen molar-refractivity contribution in [2.45, 2.75) is 0 Å². The van der Waals surface area contributed by atoms with Crippen molar-refractivity contribution in [3.8, 4) is 33.8 Å². The predicted molar refractivity (Wildman–Crippen MR) is 242 cm³/mol. The van der Waals surface area contributed by atoms with Crippen molar-refractivity contribution < 1.29 is 4.74 Å². The number of rotatable bonds is 4. The second kappa shape index (κ2) is 16.6. The molecular weight excluding hydrogens is 1740 g/mol. The summed E-state index contributed by atoms with van der Waals surface area (Å²) in [7, 11) is 0. The van der Waals surface area contributed by atoms with E-state index >= 15 is 0 Å². The van der Waals surface area contributed by atoms with Gasteiger partial charge in [0.1, 0.15) is 0 Å². The van der Waals surface area contributed by atoms with Crippen molar-refractivity contribution in [1.82, 2.24) is 0 Å². The molecule has 0 N–H and O–H groups in total. The van der Waals surface area contributed by atoms with Gasteiger partial charge in [-0.15, -0.1) is 0 Å². The highest BCUT2D eigenvalue weighted by atomic mass is 79.9. The fraction of sp³-hybridized carbons (Fsp3) is 0. The normalized spacial score (nSPS) is 11.5. The molecule has 0 heterocycles. The summed E-state index contributed by atoms with van der Waals surface area (Å²) in [6.07, 6.45) is 0. The van der Waals surface area contributed by atoms with Gasteiger partial charge in [0.2, 0.25) is 0 Å². The summed E-state index contributed by atoms with van der Waals surface area (Å²) in [6.45, 7) is 0. The number of hydrogen-bond donors (Lipinski definition) is 0. The Morgan fingerprint density at radius 3 is 0.581 bits per heavy atom. The molecule has 0 bridgehead atoms. The summed E-state index contributed by atoms with van der Waals surface area (Å²) in [5.74, 6) is 1.05. The Bertz CT molecular complexity index is 1690. The molecule has 0 aliphatic heterocycles. The summed E-state index contributed by atoms with van der Waals surface area (Å²) < 4.78 is 21.1. The maximum Gasteiger partial charge on any atom is 0.157 e. The van der Waals surface area contributed by atoms with Gasteiger partial charge in [-0.1, -0.05) is 0 Å². The Balaban J connectivity index is 2.08. The minimum atomic E-state index is 0.525. The molecule has 0 saturated heterocycles. The van der Waals surface area contributed by atoms with Crippen LogP contribution in [0.1, 0.15) is 0 Å². The predicted octanol–water partition coefficient (Wildman–Crippen LogP) is 20.5. The van der Waals surface area contributed by atoms with Crippen LogP contribution in [0.15, 0.2) is 80.5 Å². The first-order chi connectivity index (χ1) is 19.9. The minimum absolute atomic E-state index is 0.525. The Kier molecular flexibility index (Phi) is 15.8. The van der Waals surface area contributed by atoms with Crippen LogP contribution in [0.5, 0.6) is 11.5 Å². The molecule has 0 radical (unpaired) electrons. The van der Waals surface area contributed by atoms with Crippen LogP contribution >= 0.6 is 287 Å². The number of hydrogen-bond acceptors (Lipinski definition) is 1. The van der Waals surface area contributed by atoms with Gasteiger partial charge in [0.05, 0.1) is 26.8 Å². The van der Waals surface area contributed by atoms with Gasteiger partial charge in [-0.05, 0) is 287 Å². The van der Waals surface area contributed by atoms with E-state index in [9.17, 15) is 0 Å². The minimum Gasteiger partial charge on any atom is -0.452 e. The fourth-order valence-electron chi connectivity index (χ4n) is 3.59. The summed E-state index contributed by atoms with van der Waals surface area (Å²) in [5, 5.41) is 0. The zero-order valence-electron chi connectivity index (χ0n) is 19.2.